The SMILES string of the molecule is CCC(C)C(N)C(=O)N(C)Cc1cc(C)c(OC)c(C)c1. The van der Waals surface area contributed by atoms with Gasteiger partial charge in [0.25, 0.3) is 0 Å². The van der Waals surface area contributed by atoms with Crippen LogP contribution in [0.25, 0.3) is 0 Å². The van der Waals surface area contributed by atoms with Gasteiger partial charge >= 0.3 is 0 Å². The van der Waals surface area contributed by atoms with Crippen molar-refractivity contribution in [2.75, 3.05) is 14.2 Å². The molecule has 21 heavy (non-hydrogen) atoms. The Morgan fingerprint density at radius 3 is 2.29 bits per heavy atom. The first kappa shape index (κ1) is 17.5. The zero-order valence-corrected chi connectivity index (χ0v) is 14.1. The molecule has 0 fully saturated rings. The molecule has 0 aliphatic heterocycles. The van der Waals surface area contributed by atoms with Crippen molar-refractivity contribution in [3.05, 3.63) is 28.8 Å². The van der Waals surface area contributed by atoms with Crippen LogP contribution in [-0.2, 0) is 11.3 Å². The van der Waals surface area contributed by atoms with Crippen LogP contribution in [0, 0.1) is 19.8 Å². The van der Waals surface area contributed by atoms with Crippen molar-refractivity contribution >= 4 is 5.91 Å². The van der Waals surface area contributed by atoms with Crippen LogP contribution >= 0.6 is 0 Å². The molecule has 1 aromatic carbocycles. The fraction of sp³-hybridized carbons (Fsp3) is 0.588. The Hall–Kier alpha value is -1.55. The second-order valence-corrected chi connectivity index (χ2v) is 5.87. The number of nitrogens with zero attached hydrogens (tertiary/aromatic N) is 1. The summed E-state index contributed by atoms with van der Waals surface area (Å²) in [5, 5.41) is 0. The minimum Gasteiger partial charge on any atom is -0.496 e. The first-order valence-electron chi connectivity index (χ1n) is 7.46. The van der Waals surface area contributed by atoms with Crippen LogP contribution in [0.5, 0.6) is 5.75 Å². The number of nitrogens with two attached hydrogens (primary N) is 1. The number of likely N-dealkylation sites (N-methyl/N-ethyl adjacent to an activating group) is 1. The van der Waals surface area contributed by atoms with Crippen molar-refractivity contribution in [2.45, 2.75) is 46.7 Å². The molecule has 2 unspecified atom stereocenters. The predicted octanol–water partition coefficient (Wildman–Crippen LogP) is 2.64. The summed E-state index contributed by atoms with van der Waals surface area (Å²) in [6, 6.07) is 3.69. The number of rotatable bonds is 6. The number of aryl methyl sites for hydroxylation is 2. The molecule has 0 saturated heterocycles. The number of carbonyl (C=O) groups is 1. The molecule has 2 N–H and O–H groups in total. The van der Waals surface area contributed by atoms with Gasteiger partial charge in [0.1, 0.15) is 5.75 Å². The molecule has 0 aliphatic rings. The van der Waals surface area contributed by atoms with Crippen molar-refractivity contribution in [1.29, 1.82) is 0 Å². The molecule has 4 heteroatoms. The lowest BCUT2D eigenvalue weighted by molar-refractivity contribution is -0.132. The Morgan fingerprint density at radius 2 is 1.86 bits per heavy atom. The Kier molecular flexibility index (Phi) is 6.21. The smallest absolute Gasteiger partial charge is 0.239 e. The van der Waals surface area contributed by atoms with Crippen molar-refractivity contribution in [2.24, 2.45) is 11.7 Å². The zero-order chi connectivity index (χ0) is 16.2. The molecule has 0 heterocycles. The van der Waals surface area contributed by atoms with Crippen molar-refractivity contribution in [3.63, 3.8) is 0 Å². The van der Waals surface area contributed by atoms with Gasteiger partial charge in [-0.1, -0.05) is 32.4 Å². The maximum absolute atomic E-state index is 12.3. The first-order chi connectivity index (χ1) is 9.81. The quantitative estimate of drug-likeness (QED) is 0.877. The van der Waals surface area contributed by atoms with Gasteiger partial charge in [0.2, 0.25) is 5.91 Å². The molecule has 0 aliphatic carbocycles. The highest BCUT2D eigenvalue weighted by molar-refractivity contribution is 5.81. The van der Waals surface area contributed by atoms with Gasteiger partial charge in [-0.05, 0) is 36.5 Å². The molecule has 0 radical (unpaired) electrons. The zero-order valence-electron chi connectivity index (χ0n) is 14.1. The topological polar surface area (TPSA) is 55.6 Å². The fourth-order valence-electron chi connectivity index (χ4n) is 2.56. The molecule has 0 bridgehead atoms. The highest BCUT2D eigenvalue weighted by Gasteiger charge is 2.23. The van der Waals surface area contributed by atoms with Crippen molar-refractivity contribution in [1.82, 2.24) is 4.90 Å². The molecule has 4 nitrogen and oxygen atoms in total. The van der Waals surface area contributed by atoms with E-state index in [2.05, 4.69) is 12.1 Å². The van der Waals surface area contributed by atoms with Crippen LogP contribution in [0.4, 0.5) is 0 Å². The number of benzene rings is 1. The molecule has 1 amide bonds. The third kappa shape index (κ3) is 4.21. The average molecular weight is 292 g/mol. The number of carbonyl (C=O) groups excluding carboxylic acids is 1. The van der Waals surface area contributed by atoms with E-state index in [-0.39, 0.29) is 11.8 Å². The average Bonchev–Trinajstić information content (AvgIpc) is 2.44. The van der Waals surface area contributed by atoms with Crippen LogP contribution in [0.2, 0.25) is 0 Å². The van der Waals surface area contributed by atoms with Crippen LogP contribution in [0.15, 0.2) is 12.1 Å². The molecule has 0 saturated carbocycles. The van der Waals surface area contributed by atoms with Gasteiger partial charge < -0.3 is 15.4 Å². The fourth-order valence-corrected chi connectivity index (χ4v) is 2.56. The molecule has 118 valence electrons. The summed E-state index contributed by atoms with van der Waals surface area (Å²) in [6.07, 6.45) is 0.904. The Labute approximate surface area is 128 Å². The highest BCUT2D eigenvalue weighted by Crippen LogP contribution is 2.25. The van der Waals surface area contributed by atoms with Crippen LogP contribution in [-0.4, -0.2) is 31.0 Å². The lowest BCUT2D eigenvalue weighted by Gasteiger charge is -2.25. The predicted molar refractivity (Wildman–Crippen MR) is 86.4 cm³/mol. The van der Waals surface area contributed by atoms with Crippen molar-refractivity contribution in [3.8, 4) is 5.75 Å². The summed E-state index contributed by atoms with van der Waals surface area (Å²) in [5.74, 6) is 1.10. The minimum absolute atomic E-state index is 0.00419. The normalized spacial score (nSPS) is 13.7. The number of amides is 1. The molecule has 1 rings (SSSR count). The van der Waals surface area contributed by atoms with E-state index < -0.39 is 6.04 Å². The second-order valence-electron chi connectivity index (χ2n) is 5.87. The Bertz CT molecular complexity index is 477. The third-order valence-electron chi connectivity index (χ3n) is 4.06. The van der Waals surface area contributed by atoms with Crippen LogP contribution in [0.3, 0.4) is 0 Å². The number of methoxy groups -OCH3 is 1. The molecular weight excluding hydrogens is 264 g/mol. The van der Waals surface area contributed by atoms with Crippen molar-refractivity contribution < 1.29 is 9.53 Å². The summed E-state index contributed by atoms with van der Waals surface area (Å²) >= 11 is 0. The van der Waals surface area contributed by atoms with E-state index in [1.807, 2.05) is 27.7 Å². The first-order valence-corrected chi connectivity index (χ1v) is 7.46. The molecule has 1 aromatic rings. The lowest BCUT2D eigenvalue weighted by atomic mass is 9.98. The molecule has 2 atom stereocenters. The van der Waals surface area contributed by atoms with E-state index in [4.69, 9.17) is 10.5 Å². The van der Waals surface area contributed by atoms with E-state index in [1.54, 1.807) is 19.1 Å². The largest absolute Gasteiger partial charge is 0.496 e. The third-order valence-corrected chi connectivity index (χ3v) is 4.06. The monoisotopic (exact) mass is 292 g/mol. The van der Waals surface area contributed by atoms with Gasteiger partial charge in [-0.25, -0.2) is 0 Å². The Morgan fingerprint density at radius 1 is 1.33 bits per heavy atom. The standard InChI is InChI=1S/C17H28N2O2/c1-7-11(2)15(18)17(20)19(5)10-14-8-12(3)16(21-6)13(4)9-14/h8-9,11,15H,7,10,18H2,1-6H3. The maximum atomic E-state index is 12.3. The Balaban J connectivity index is 2.84. The van der Waals surface area contributed by atoms with Gasteiger partial charge in [-0.2, -0.15) is 0 Å². The van der Waals surface area contributed by atoms with Crippen LogP contribution < -0.4 is 10.5 Å². The summed E-state index contributed by atoms with van der Waals surface area (Å²) in [7, 11) is 3.48. The highest BCUT2D eigenvalue weighted by atomic mass is 16.5. The molecule has 0 aromatic heterocycles. The number of hydrogen-bond acceptors (Lipinski definition) is 3. The van der Waals surface area contributed by atoms with Gasteiger partial charge in [-0.3, -0.25) is 4.79 Å². The van der Waals surface area contributed by atoms with E-state index >= 15 is 0 Å². The molecular formula is C17H28N2O2. The van der Waals surface area contributed by atoms with Gasteiger partial charge in [0.15, 0.2) is 0 Å². The second kappa shape index (κ2) is 7.46. The van der Waals surface area contributed by atoms with Gasteiger partial charge in [0, 0.05) is 13.6 Å². The van der Waals surface area contributed by atoms with E-state index in [0.717, 1.165) is 28.9 Å². The van der Waals surface area contributed by atoms with E-state index in [1.165, 1.54) is 0 Å². The minimum atomic E-state index is -0.430. The summed E-state index contributed by atoms with van der Waals surface area (Å²) in [4.78, 5) is 14.0. The maximum Gasteiger partial charge on any atom is 0.239 e. The number of hydrogen-bond donors (Lipinski definition) is 1. The van der Waals surface area contributed by atoms with Gasteiger partial charge in [0.05, 0.1) is 13.2 Å². The van der Waals surface area contributed by atoms with Gasteiger partial charge in [-0.15, -0.1) is 0 Å². The number of ether oxygens (including phenoxy) is 1. The summed E-state index contributed by atoms with van der Waals surface area (Å²) in [5.41, 5.74) is 9.28. The van der Waals surface area contributed by atoms with E-state index in [9.17, 15) is 4.79 Å². The molecule has 0 spiro atoms. The summed E-state index contributed by atoms with van der Waals surface area (Å²) in [6.45, 7) is 8.66. The van der Waals surface area contributed by atoms with Crippen LogP contribution in [0.1, 0.15) is 37.0 Å². The summed E-state index contributed by atoms with van der Waals surface area (Å²) < 4.78 is 5.37. The lowest BCUT2D eigenvalue weighted by Crippen LogP contribution is -2.45. The van der Waals surface area contributed by atoms with E-state index in [0.29, 0.717) is 6.54 Å².